The first kappa shape index (κ1) is 10.1. The Labute approximate surface area is 63.8 Å². The largest absolute Gasteiger partial charge is 0.464 e. The van der Waals surface area contributed by atoms with Gasteiger partial charge in [-0.15, -0.1) is 0 Å². The molecule has 1 atom stereocenters. The summed E-state index contributed by atoms with van der Waals surface area (Å²) >= 11 is 0. The Kier molecular flexibility index (Phi) is 4.40. The van der Waals surface area contributed by atoms with Crippen molar-refractivity contribution in [1.29, 1.82) is 0 Å². The number of hydrogen-bond acceptors (Lipinski definition) is 5. The molecule has 0 amide bonds. The molecule has 0 heterocycles. The number of hydrogen-bond donors (Lipinski definition) is 1. The zero-order valence-corrected chi connectivity index (χ0v) is 6.36. The molecule has 5 nitrogen and oxygen atoms in total. The highest BCUT2D eigenvalue weighted by atomic mass is 17.1. The van der Waals surface area contributed by atoms with Crippen LogP contribution in [0.15, 0.2) is 0 Å². The Bertz CT molecular complexity index is 153. The summed E-state index contributed by atoms with van der Waals surface area (Å²) in [5.41, 5.74) is 0. The van der Waals surface area contributed by atoms with Crippen molar-refractivity contribution in [1.82, 2.24) is 0 Å². The number of esters is 1. The maximum Gasteiger partial charge on any atom is 0.346 e. The summed E-state index contributed by atoms with van der Waals surface area (Å²) in [6.07, 6.45) is -1.50. The first-order valence-corrected chi connectivity index (χ1v) is 3.10. The van der Waals surface area contributed by atoms with Crippen LogP contribution in [0.2, 0.25) is 0 Å². The predicted octanol–water partition coefficient (Wildman–Crippen LogP) is -0.00330. The molecule has 0 aliphatic carbocycles. The van der Waals surface area contributed by atoms with Crippen LogP contribution in [0.4, 0.5) is 0 Å². The maximum absolute atomic E-state index is 10.7. The van der Waals surface area contributed by atoms with Crippen molar-refractivity contribution in [2.45, 2.75) is 20.0 Å². The van der Waals surface area contributed by atoms with E-state index in [4.69, 9.17) is 5.26 Å². The van der Waals surface area contributed by atoms with E-state index in [-0.39, 0.29) is 6.61 Å². The molecule has 0 fully saturated rings. The number of rotatable bonds is 4. The molecule has 11 heavy (non-hydrogen) atoms. The lowest BCUT2D eigenvalue weighted by Gasteiger charge is -2.07. The Morgan fingerprint density at radius 2 is 2.09 bits per heavy atom. The van der Waals surface area contributed by atoms with E-state index in [9.17, 15) is 9.59 Å². The molecule has 0 bridgehead atoms. The van der Waals surface area contributed by atoms with Crippen LogP contribution in [0.25, 0.3) is 0 Å². The van der Waals surface area contributed by atoms with E-state index >= 15 is 0 Å². The molecule has 0 aromatic carbocycles. The van der Waals surface area contributed by atoms with E-state index < -0.39 is 17.9 Å². The number of ketones is 1. The van der Waals surface area contributed by atoms with Gasteiger partial charge < -0.3 is 4.74 Å². The van der Waals surface area contributed by atoms with E-state index in [2.05, 4.69) is 9.62 Å². The highest BCUT2D eigenvalue weighted by Crippen LogP contribution is 1.94. The zero-order valence-electron chi connectivity index (χ0n) is 6.36. The Balaban J connectivity index is 4.03. The van der Waals surface area contributed by atoms with Crippen LogP contribution < -0.4 is 0 Å². The average molecular weight is 162 g/mol. The topological polar surface area (TPSA) is 72.8 Å². The van der Waals surface area contributed by atoms with Crippen LogP contribution in [0, 0.1) is 0 Å². The van der Waals surface area contributed by atoms with Crippen molar-refractivity contribution in [2.24, 2.45) is 0 Å². The molecule has 1 N–H and O–H groups in total. The molecule has 0 spiro atoms. The lowest BCUT2D eigenvalue weighted by molar-refractivity contribution is -0.270. The van der Waals surface area contributed by atoms with Gasteiger partial charge in [0.25, 0.3) is 0 Å². The quantitative estimate of drug-likeness (QED) is 0.272. The highest BCUT2D eigenvalue weighted by molar-refractivity contribution is 6.00. The molecule has 1 unspecified atom stereocenters. The van der Waals surface area contributed by atoms with Crippen molar-refractivity contribution >= 4 is 11.8 Å². The van der Waals surface area contributed by atoms with Crippen LogP contribution in [0.1, 0.15) is 13.8 Å². The van der Waals surface area contributed by atoms with E-state index in [1.807, 2.05) is 0 Å². The van der Waals surface area contributed by atoms with Gasteiger partial charge in [-0.05, 0) is 13.8 Å². The van der Waals surface area contributed by atoms with Gasteiger partial charge in [0, 0.05) is 0 Å². The molecule has 0 aliphatic heterocycles. The summed E-state index contributed by atoms with van der Waals surface area (Å²) in [4.78, 5) is 24.8. The first-order chi connectivity index (χ1) is 5.13. The number of Topliss-reactive ketones (excluding diaryl/α,β-unsaturated/α-hetero) is 1. The van der Waals surface area contributed by atoms with Crippen molar-refractivity contribution in [3.63, 3.8) is 0 Å². The fourth-order valence-electron chi connectivity index (χ4n) is 0.501. The predicted molar refractivity (Wildman–Crippen MR) is 34.8 cm³/mol. The zero-order chi connectivity index (χ0) is 8.85. The van der Waals surface area contributed by atoms with Gasteiger partial charge in [0.2, 0.25) is 6.10 Å². The number of carbonyl (C=O) groups is 2. The van der Waals surface area contributed by atoms with Crippen LogP contribution >= 0.6 is 0 Å². The van der Waals surface area contributed by atoms with Gasteiger partial charge >= 0.3 is 5.97 Å². The summed E-state index contributed by atoms with van der Waals surface area (Å²) in [6, 6.07) is 0. The summed E-state index contributed by atoms with van der Waals surface area (Å²) in [5.74, 6) is -1.46. The second kappa shape index (κ2) is 4.81. The van der Waals surface area contributed by atoms with E-state index in [1.54, 1.807) is 6.92 Å². The van der Waals surface area contributed by atoms with Crippen LogP contribution in [-0.2, 0) is 19.2 Å². The number of ether oxygens (including phenoxy) is 1. The fraction of sp³-hybridized carbons (Fsp3) is 0.667. The van der Waals surface area contributed by atoms with Crippen LogP contribution in [0.5, 0.6) is 0 Å². The molecular formula is C6H10O5. The molecule has 0 aliphatic rings. The van der Waals surface area contributed by atoms with Gasteiger partial charge in [-0.2, -0.15) is 0 Å². The molecule has 5 heteroatoms. The second-order valence-corrected chi connectivity index (χ2v) is 1.85. The summed E-state index contributed by atoms with van der Waals surface area (Å²) < 4.78 is 4.41. The summed E-state index contributed by atoms with van der Waals surface area (Å²) in [5, 5.41) is 8.07. The third kappa shape index (κ3) is 3.10. The summed E-state index contributed by atoms with van der Waals surface area (Å²) in [7, 11) is 0. The molecule has 0 aromatic rings. The Hall–Kier alpha value is -0.940. The normalized spacial score (nSPS) is 12.3. The molecule has 0 saturated carbocycles. The van der Waals surface area contributed by atoms with E-state index in [0.717, 1.165) is 6.92 Å². The highest BCUT2D eigenvalue weighted by Gasteiger charge is 2.25. The summed E-state index contributed by atoms with van der Waals surface area (Å²) in [6.45, 7) is 2.86. The van der Waals surface area contributed by atoms with Crippen LogP contribution in [0.3, 0.4) is 0 Å². The van der Waals surface area contributed by atoms with Gasteiger partial charge in [0.05, 0.1) is 6.61 Å². The second-order valence-electron chi connectivity index (χ2n) is 1.85. The van der Waals surface area contributed by atoms with E-state index in [0.29, 0.717) is 0 Å². The minimum absolute atomic E-state index is 0.145. The molecule has 0 rings (SSSR count). The van der Waals surface area contributed by atoms with Gasteiger partial charge in [-0.3, -0.25) is 10.1 Å². The van der Waals surface area contributed by atoms with Gasteiger partial charge in [0.15, 0.2) is 5.78 Å². The molecule has 64 valence electrons. The molecular weight excluding hydrogens is 152 g/mol. The lowest BCUT2D eigenvalue weighted by atomic mass is 10.2. The fourth-order valence-corrected chi connectivity index (χ4v) is 0.501. The Morgan fingerprint density at radius 1 is 1.55 bits per heavy atom. The van der Waals surface area contributed by atoms with Crippen molar-refractivity contribution in [3.05, 3.63) is 0 Å². The van der Waals surface area contributed by atoms with Crippen LogP contribution in [-0.4, -0.2) is 29.7 Å². The van der Waals surface area contributed by atoms with Crippen molar-refractivity contribution in [2.75, 3.05) is 6.61 Å². The first-order valence-electron chi connectivity index (χ1n) is 3.10. The molecule has 0 saturated heterocycles. The minimum Gasteiger partial charge on any atom is -0.464 e. The third-order valence-electron chi connectivity index (χ3n) is 0.975. The monoisotopic (exact) mass is 162 g/mol. The molecule has 0 radical (unpaired) electrons. The SMILES string of the molecule is CCOC(=O)C(OO)C(C)=O. The van der Waals surface area contributed by atoms with Gasteiger partial charge in [-0.1, -0.05) is 0 Å². The molecule has 0 aromatic heterocycles. The standard InChI is InChI=1S/C6H10O5/c1-3-10-6(8)5(11-9)4(2)7/h5,9H,3H2,1-2H3. The van der Waals surface area contributed by atoms with E-state index in [1.165, 1.54) is 0 Å². The lowest BCUT2D eigenvalue weighted by Crippen LogP contribution is -2.32. The van der Waals surface area contributed by atoms with Gasteiger partial charge in [0.1, 0.15) is 0 Å². The number of carbonyl (C=O) groups excluding carboxylic acids is 2. The average Bonchev–Trinajstić information content (AvgIpc) is 1.88. The minimum atomic E-state index is -1.50. The maximum atomic E-state index is 10.7. The van der Waals surface area contributed by atoms with Crippen molar-refractivity contribution < 1.29 is 24.5 Å². The third-order valence-corrected chi connectivity index (χ3v) is 0.975. The Morgan fingerprint density at radius 3 is 2.36 bits per heavy atom. The van der Waals surface area contributed by atoms with Crippen molar-refractivity contribution in [3.8, 4) is 0 Å². The van der Waals surface area contributed by atoms with Gasteiger partial charge in [-0.25, -0.2) is 9.68 Å². The smallest absolute Gasteiger partial charge is 0.346 e.